The van der Waals surface area contributed by atoms with Crippen molar-refractivity contribution in [2.45, 2.75) is 31.7 Å². The summed E-state index contributed by atoms with van der Waals surface area (Å²) in [5, 5.41) is 17.1. The van der Waals surface area contributed by atoms with Crippen LogP contribution in [0.2, 0.25) is 0 Å². The molecule has 0 amide bonds. The maximum absolute atomic E-state index is 11.2. The molecule has 1 N–H and O–H groups in total. The van der Waals surface area contributed by atoms with Crippen molar-refractivity contribution in [1.29, 1.82) is 0 Å². The molecule has 0 aliphatic heterocycles. The Morgan fingerprint density at radius 3 is 3.18 bits per heavy atom. The Kier molecular flexibility index (Phi) is 3.73. The molecule has 1 saturated carbocycles. The van der Waals surface area contributed by atoms with Crippen molar-refractivity contribution in [2.24, 2.45) is 5.92 Å². The van der Waals surface area contributed by atoms with Gasteiger partial charge in [0.2, 0.25) is 0 Å². The van der Waals surface area contributed by atoms with Crippen LogP contribution < -0.4 is 0 Å². The first-order valence-electron chi connectivity index (χ1n) is 5.83. The topological polar surface area (TPSA) is 77.2 Å². The van der Waals surface area contributed by atoms with E-state index < -0.39 is 5.97 Å². The summed E-state index contributed by atoms with van der Waals surface area (Å²) >= 11 is 0. The summed E-state index contributed by atoms with van der Waals surface area (Å²) in [6.07, 6.45) is 4.20. The van der Waals surface area contributed by atoms with Gasteiger partial charge in [0.25, 0.3) is 0 Å². The van der Waals surface area contributed by atoms with Crippen LogP contribution in [0.4, 0.5) is 0 Å². The minimum Gasteiger partial charge on any atom is -0.481 e. The van der Waals surface area contributed by atoms with E-state index in [0.717, 1.165) is 25.1 Å². The van der Waals surface area contributed by atoms with Crippen LogP contribution in [-0.4, -0.2) is 39.6 Å². The van der Waals surface area contributed by atoms with Crippen LogP contribution in [0.25, 0.3) is 0 Å². The van der Waals surface area contributed by atoms with Crippen molar-refractivity contribution in [3.8, 4) is 0 Å². The lowest BCUT2D eigenvalue weighted by Gasteiger charge is -2.16. The van der Waals surface area contributed by atoms with Crippen molar-refractivity contribution < 1.29 is 14.6 Å². The van der Waals surface area contributed by atoms with Crippen molar-refractivity contribution >= 4 is 5.97 Å². The van der Waals surface area contributed by atoms with Gasteiger partial charge in [0.05, 0.1) is 12.5 Å². The zero-order valence-corrected chi connectivity index (χ0v) is 9.87. The minimum absolute atomic E-state index is 0.00754. The molecule has 17 heavy (non-hydrogen) atoms. The number of ether oxygens (including phenoxy) is 1. The Morgan fingerprint density at radius 1 is 1.65 bits per heavy atom. The van der Waals surface area contributed by atoms with E-state index in [9.17, 15) is 4.79 Å². The molecule has 1 heterocycles. The van der Waals surface area contributed by atoms with E-state index in [0.29, 0.717) is 13.2 Å². The van der Waals surface area contributed by atoms with Gasteiger partial charge in [0, 0.05) is 19.6 Å². The van der Waals surface area contributed by atoms with Gasteiger partial charge in [0.1, 0.15) is 12.2 Å². The molecule has 6 nitrogen and oxygen atoms in total. The zero-order chi connectivity index (χ0) is 12.3. The van der Waals surface area contributed by atoms with Crippen LogP contribution >= 0.6 is 0 Å². The molecular weight excluding hydrogens is 222 g/mol. The van der Waals surface area contributed by atoms with Crippen LogP contribution in [-0.2, 0) is 16.1 Å². The molecule has 0 bridgehead atoms. The quantitative estimate of drug-likeness (QED) is 0.825. The van der Waals surface area contributed by atoms with E-state index >= 15 is 0 Å². The molecule has 0 spiro atoms. The van der Waals surface area contributed by atoms with Gasteiger partial charge >= 0.3 is 5.97 Å². The molecule has 1 fully saturated rings. The third kappa shape index (κ3) is 2.46. The molecule has 0 radical (unpaired) electrons. The fourth-order valence-electron chi connectivity index (χ4n) is 2.48. The first-order chi connectivity index (χ1) is 8.24. The van der Waals surface area contributed by atoms with Crippen LogP contribution in [0.1, 0.15) is 31.0 Å². The largest absolute Gasteiger partial charge is 0.481 e. The van der Waals surface area contributed by atoms with Gasteiger partial charge < -0.3 is 14.4 Å². The molecule has 2 unspecified atom stereocenters. The number of aromatic nitrogens is 3. The number of methoxy groups -OCH3 is 1. The summed E-state index contributed by atoms with van der Waals surface area (Å²) in [6, 6.07) is 0. The van der Waals surface area contributed by atoms with Crippen molar-refractivity contribution in [1.82, 2.24) is 14.8 Å². The summed E-state index contributed by atoms with van der Waals surface area (Å²) in [7, 11) is 1.64. The standard InChI is InChI=1S/C11H17N3O3/c1-17-6-5-14-7-12-13-10(14)8-3-2-4-9(8)11(15)16/h7-9H,2-6H2,1H3,(H,15,16). The zero-order valence-electron chi connectivity index (χ0n) is 9.87. The normalized spacial score (nSPS) is 24.1. The van der Waals surface area contributed by atoms with Gasteiger partial charge in [-0.15, -0.1) is 10.2 Å². The second-order valence-electron chi connectivity index (χ2n) is 4.36. The predicted molar refractivity (Wildman–Crippen MR) is 59.6 cm³/mol. The highest BCUT2D eigenvalue weighted by atomic mass is 16.5. The number of carboxylic acids is 1. The van der Waals surface area contributed by atoms with E-state index in [2.05, 4.69) is 10.2 Å². The molecule has 6 heteroatoms. The molecule has 1 aromatic rings. The summed E-state index contributed by atoms with van der Waals surface area (Å²) in [4.78, 5) is 11.2. The summed E-state index contributed by atoms with van der Waals surface area (Å²) in [5.74, 6) is -0.270. The second kappa shape index (κ2) is 5.27. The number of hydrogen-bond acceptors (Lipinski definition) is 4. The van der Waals surface area contributed by atoms with E-state index in [1.54, 1.807) is 13.4 Å². The number of hydrogen-bond donors (Lipinski definition) is 1. The number of carbonyl (C=O) groups is 1. The van der Waals surface area contributed by atoms with Gasteiger partial charge in [-0.1, -0.05) is 6.42 Å². The SMILES string of the molecule is COCCn1cnnc1C1CCCC1C(=O)O. The van der Waals surface area contributed by atoms with E-state index in [4.69, 9.17) is 9.84 Å². The highest BCUT2D eigenvalue weighted by Gasteiger charge is 2.36. The van der Waals surface area contributed by atoms with E-state index in [-0.39, 0.29) is 11.8 Å². The lowest BCUT2D eigenvalue weighted by atomic mass is 9.95. The van der Waals surface area contributed by atoms with E-state index in [1.165, 1.54) is 0 Å². The minimum atomic E-state index is -0.728. The summed E-state index contributed by atoms with van der Waals surface area (Å²) < 4.78 is 6.91. The van der Waals surface area contributed by atoms with Crippen molar-refractivity contribution in [3.63, 3.8) is 0 Å². The molecule has 1 aliphatic carbocycles. The van der Waals surface area contributed by atoms with Gasteiger partial charge in [-0.05, 0) is 12.8 Å². The molecule has 2 atom stereocenters. The predicted octanol–water partition coefficient (Wildman–Crippen LogP) is 0.893. The number of nitrogens with zero attached hydrogens (tertiary/aromatic N) is 3. The number of rotatable bonds is 5. The Balaban J connectivity index is 2.15. The molecule has 0 saturated heterocycles. The smallest absolute Gasteiger partial charge is 0.307 e. The maximum atomic E-state index is 11.2. The monoisotopic (exact) mass is 239 g/mol. The highest BCUT2D eigenvalue weighted by molar-refractivity contribution is 5.71. The van der Waals surface area contributed by atoms with E-state index in [1.807, 2.05) is 4.57 Å². The first-order valence-corrected chi connectivity index (χ1v) is 5.83. The second-order valence-corrected chi connectivity index (χ2v) is 4.36. The Bertz CT molecular complexity index is 391. The number of aliphatic carboxylic acids is 1. The van der Waals surface area contributed by atoms with Gasteiger partial charge in [-0.3, -0.25) is 4.79 Å². The fourth-order valence-corrected chi connectivity index (χ4v) is 2.48. The highest BCUT2D eigenvalue weighted by Crippen LogP contribution is 2.38. The van der Waals surface area contributed by atoms with Crippen molar-refractivity contribution in [3.05, 3.63) is 12.2 Å². The molecule has 1 aliphatic rings. The van der Waals surface area contributed by atoms with Gasteiger partial charge in [-0.25, -0.2) is 0 Å². The Morgan fingerprint density at radius 2 is 2.47 bits per heavy atom. The summed E-state index contributed by atoms with van der Waals surface area (Å²) in [5.41, 5.74) is 0. The first kappa shape index (κ1) is 12.0. The summed E-state index contributed by atoms with van der Waals surface area (Å²) in [6.45, 7) is 1.25. The average molecular weight is 239 g/mol. The van der Waals surface area contributed by atoms with Gasteiger partial charge in [0.15, 0.2) is 0 Å². The maximum Gasteiger partial charge on any atom is 0.307 e. The Labute approximate surface area is 99.6 Å². The van der Waals surface area contributed by atoms with Crippen molar-refractivity contribution in [2.75, 3.05) is 13.7 Å². The molecular formula is C11H17N3O3. The van der Waals surface area contributed by atoms with Crippen LogP contribution in [0, 0.1) is 5.92 Å². The molecule has 0 aromatic carbocycles. The lowest BCUT2D eigenvalue weighted by Crippen LogP contribution is -2.20. The molecule has 2 rings (SSSR count). The Hall–Kier alpha value is -1.43. The average Bonchev–Trinajstić information content (AvgIpc) is 2.94. The van der Waals surface area contributed by atoms with Crippen LogP contribution in [0.3, 0.4) is 0 Å². The van der Waals surface area contributed by atoms with Crippen LogP contribution in [0.5, 0.6) is 0 Å². The molecule has 94 valence electrons. The lowest BCUT2D eigenvalue weighted by molar-refractivity contribution is -0.142. The number of carboxylic acid groups (broad SMARTS) is 1. The van der Waals surface area contributed by atoms with Gasteiger partial charge in [-0.2, -0.15) is 0 Å². The molecule has 1 aromatic heterocycles. The van der Waals surface area contributed by atoms with Crippen LogP contribution in [0.15, 0.2) is 6.33 Å². The fraction of sp³-hybridized carbons (Fsp3) is 0.727. The third-order valence-electron chi connectivity index (χ3n) is 3.35. The third-order valence-corrected chi connectivity index (χ3v) is 3.35.